The van der Waals surface area contributed by atoms with Crippen molar-refractivity contribution in [3.8, 4) is 0 Å². The third-order valence-corrected chi connectivity index (χ3v) is 5.14. The van der Waals surface area contributed by atoms with Crippen LogP contribution in [-0.4, -0.2) is 48.8 Å². The summed E-state index contributed by atoms with van der Waals surface area (Å²) in [6.07, 6.45) is 2.72. The first-order valence-electron chi connectivity index (χ1n) is 8.98. The lowest BCUT2D eigenvalue weighted by molar-refractivity contribution is -0.133. The van der Waals surface area contributed by atoms with Crippen LogP contribution in [0, 0.1) is 5.92 Å². The van der Waals surface area contributed by atoms with Gasteiger partial charge < -0.3 is 15.1 Å². The smallest absolute Gasteiger partial charge is 0.227 e. The Balaban J connectivity index is 1.49. The van der Waals surface area contributed by atoms with Gasteiger partial charge in [0.2, 0.25) is 17.7 Å². The molecule has 6 heteroatoms. The van der Waals surface area contributed by atoms with E-state index in [9.17, 15) is 14.4 Å². The van der Waals surface area contributed by atoms with Gasteiger partial charge in [-0.1, -0.05) is 18.2 Å². The molecule has 2 aliphatic heterocycles. The van der Waals surface area contributed by atoms with Crippen LogP contribution in [0.25, 0.3) is 0 Å². The first-order valence-corrected chi connectivity index (χ1v) is 8.98. The van der Waals surface area contributed by atoms with Crippen molar-refractivity contribution in [1.82, 2.24) is 10.2 Å². The van der Waals surface area contributed by atoms with Crippen molar-refractivity contribution in [2.24, 2.45) is 5.92 Å². The van der Waals surface area contributed by atoms with Crippen LogP contribution in [-0.2, 0) is 20.8 Å². The molecule has 134 valence electrons. The number of likely N-dealkylation sites (tertiary alicyclic amines) is 1. The molecule has 2 aliphatic rings. The summed E-state index contributed by atoms with van der Waals surface area (Å²) in [5, 5.41) is 2.96. The molecule has 1 aromatic carbocycles. The third-order valence-electron chi connectivity index (χ3n) is 5.14. The van der Waals surface area contributed by atoms with Gasteiger partial charge >= 0.3 is 0 Å². The van der Waals surface area contributed by atoms with Gasteiger partial charge in [0.1, 0.15) is 0 Å². The summed E-state index contributed by atoms with van der Waals surface area (Å²) in [7, 11) is 0. The average Bonchev–Trinajstić information content (AvgIpc) is 2.63. The minimum atomic E-state index is -0.0417. The van der Waals surface area contributed by atoms with Gasteiger partial charge in [-0.3, -0.25) is 14.4 Å². The standard InChI is InChI=1S/C19H25N3O3/c1-14(23)21-11-8-16(9-12-21)19(25)20-10-13-22-17-5-3-2-4-15(17)6-7-18(22)24/h2-5,16H,6-13H2,1H3,(H,20,25). The van der Waals surface area contributed by atoms with Crippen LogP contribution in [0.15, 0.2) is 24.3 Å². The molecule has 0 atom stereocenters. The average molecular weight is 343 g/mol. The van der Waals surface area contributed by atoms with Crippen molar-refractivity contribution in [1.29, 1.82) is 0 Å². The second-order valence-electron chi connectivity index (χ2n) is 6.75. The maximum absolute atomic E-state index is 12.3. The van der Waals surface area contributed by atoms with Gasteiger partial charge in [0.05, 0.1) is 0 Å². The zero-order valence-electron chi connectivity index (χ0n) is 14.7. The van der Waals surface area contributed by atoms with Crippen molar-refractivity contribution in [2.75, 3.05) is 31.1 Å². The lowest BCUT2D eigenvalue weighted by Gasteiger charge is -2.31. The first-order chi connectivity index (χ1) is 12.1. The van der Waals surface area contributed by atoms with E-state index >= 15 is 0 Å². The molecule has 1 fully saturated rings. The number of benzene rings is 1. The second kappa shape index (κ2) is 7.68. The molecule has 1 N–H and O–H groups in total. The van der Waals surface area contributed by atoms with Crippen LogP contribution in [0.4, 0.5) is 5.69 Å². The second-order valence-corrected chi connectivity index (χ2v) is 6.75. The molecule has 3 amide bonds. The van der Waals surface area contributed by atoms with Crippen LogP contribution < -0.4 is 10.2 Å². The maximum Gasteiger partial charge on any atom is 0.227 e. The summed E-state index contributed by atoms with van der Waals surface area (Å²) >= 11 is 0. The number of carbonyl (C=O) groups excluding carboxylic acids is 3. The minimum Gasteiger partial charge on any atom is -0.354 e. The van der Waals surface area contributed by atoms with E-state index in [1.54, 1.807) is 16.7 Å². The molecule has 0 aliphatic carbocycles. The molecule has 1 aromatic rings. The zero-order chi connectivity index (χ0) is 17.8. The number of fused-ring (bicyclic) bond motifs is 1. The van der Waals surface area contributed by atoms with Crippen LogP contribution in [0.3, 0.4) is 0 Å². The Morgan fingerprint density at radius 3 is 2.60 bits per heavy atom. The number of rotatable bonds is 4. The highest BCUT2D eigenvalue weighted by Gasteiger charge is 2.27. The largest absolute Gasteiger partial charge is 0.354 e. The van der Waals surface area contributed by atoms with Gasteiger partial charge in [0.15, 0.2) is 0 Å². The highest BCUT2D eigenvalue weighted by Crippen LogP contribution is 2.27. The molecule has 0 bridgehead atoms. The van der Waals surface area contributed by atoms with Crippen LogP contribution >= 0.6 is 0 Å². The Morgan fingerprint density at radius 2 is 1.88 bits per heavy atom. The monoisotopic (exact) mass is 343 g/mol. The summed E-state index contributed by atoms with van der Waals surface area (Å²) in [5.74, 6) is 0.171. The number of amides is 3. The lowest BCUT2D eigenvalue weighted by atomic mass is 9.96. The summed E-state index contributed by atoms with van der Waals surface area (Å²) in [6.45, 7) is 3.80. The highest BCUT2D eigenvalue weighted by atomic mass is 16.2. The van der Waals surface area contributed by atoms with Gasteiger partial charge in [-0.05, 0) is 30.9 Å². The third kappa shape index (κ3) is 4.00. The van der Waals surface area contributed by atoms with E-state index in [2.05, 4.69) is 11.4 Å². The lowest BCUT2D eigenvalue weighted by Crippen LogP contribution is -2.45. The minimum absolute atomic E-state index is 0.0287. The molecule has 6 nitrogen and oxygen atoms in total. The SMILES string of the molecule is CC(=O)N1CCC(C(=O)NCCN2C(=O)CCc3ccccc32)CC1. The van der Waals surface area contributed by atoms with Crippen molar-refractivity contribution >= 4 is 23.4 Å². The Morgan fingerprint density at radius 1 is 1.16 bits per heavy atom. The van der Waals surface area contributed by atoms with Gasteiger partial charge in [-0.15, -0.1) is 0 Å². The normalized spacial score (nSPS) is 18.0. The number of carbonyl (C=O) groups is 3. The molecule has 2 heterocycles. The Kier molecular flexibility index (Phi) is 5.36. The predicted molar refractivity (Wildman–Crippen MR) is 95.1 cm³/mol. The molecule has 0 aromatic heterocycles. The van der Waals surface area contributed by atoms with E-state index in [1.807, 2.05) is 18.2 Å². The highest BCUT2D eigenvalue weighted by molar-refractivity contribution is 5.96. The van der Waals surface area contributed by atoms with Crippen molar-refractivity contribution in [3.63, 3.8) is 0 Å². The molecule has 0 spiro atoms. The molecule has 0 unspecified atom stereocenters. The number of piperidine rings is 1. The fraction of sp³-hybridized carbons (Fsp3) is 0.526. The molecule has 0 radical (unpaired) electrons. The summed E-state index contributed by atoms with van der Waals surface area (Å²) in [4.78, 5) is 39.4. The fourth-order valence-corrected chi connectivity index (χ4v) is 3.63. The number of anilines is 1. The number of hydrogen-bond donors (Lipinski definition) is 1. The van der Waals surface area contributed by atoms with Gasteiger partial charge in [0.25, 0.3) is 0 Å². The molecule has 1 saturated heterocycles. The maximum atomic E-state index is 12.3. The van der Waals surface area contributed by atoms with Gasteiger partial charge in [-0.2, -0.15) is 0 Å². The number of nitrogens with zero attached hydrogens (tertiary/aromatic N) is 2. The zero-order valence-corrected chi connectivity index (χ0v) is 14.7. The van der Waals surface area contributed by atoms with Crippen molar-refractivity contribution in [3.05, 3.63) is 29.8 Å². The van der Waals surface area contributed by atoms with Crippen LogP contribution in [0.5, 0.6) is 0 Å². The van der Waals surface area contributed by atoms with Crippen LogP contribution in [0.1, 0.15) is 31.7 Å². The van der Waals surface area contributed by atoms with Crippen molar-refractivity contribution in [2.45, 2.75) is 32.6 Å². The number of para-hydroxylation sites is 1. The Labute approximate surface area is 148 Å². The predicted octanol–water partition coefficient (Wildman–Crippen LogP) is 1.34. The fourth-order valence-electron chi connectivity index (χ4n) is 3.63. The summed E-state index contributed by atoms with van der Waals surface area (Å²) in [6, 6.07) is 7.94. The van der Waals surface area contributed by atoms with Gasteiger partial charge in [0, 0.05) is 51.1 Å². The van der Waals surface area contributed by atoms with Crippen LogP contribution in [0.2, 0.25) is 0 Å². The number of aryl methyl sites for hydroxylation is 1. The van der Waals surface area contributed by atoms with E-state index in [1.165, 1.54) is 5.56 Å². The first kappa shape index (κ1) is 17.5. The van der Waals surface area contributed by atoms with E-state index in [0.29, 0.717) is 45.4 Å². The topological polar surface area (TPSA) is 69.7 Å². The van der Waals surface area contributed by atoms with E-state index in [4.69, 9.17) is 0 Å². The number of hydrogen-bond acceptors (Lipinski definition) is 3. The molecule has 3 rings (SSSR count). The summed E-state index contributed by atoms with van der Waals surface area (Å²) in [5.41, 5.74) is 2.15. The summed E-state index contributed by atoms with van der Waals surface area (Å²) < 4.78 is 0. The Bertz CT molecular complexity index is 666. The molecular formula is C19H25N3O3. The van der Waals surface area contributed by atoms with E-state index < -0.39 is 0 Å². The molecule has 25 heavy (non-hydrogen) atoms. The number of nitrogens with one attached hydrogen (secondary N) is 1. The van der Waals surface area contributed by atoms with E-state index in [0.717, 1.165) is 12.1 Å². The Hall–Kier alpha value is -2.37. The van der Waals surface area contributed by atoms with E-state index in [-0.39, 0.29) is 23.6 Å². The van der Waals surface area contributed by atoms with Crippen molar-refractivity contribution < 1.29 is 14.4 Å². The molecular weight excluding hydrogens is 318 g/mol. The molecule has 0 saturated carbocycles. The van der Waals surface area contributed by atoms with Gasteiger partial charge in [-0.25, -0.2) is 0 Å². The quantitative estimate of drug-likeness (QED) is 0.897.